The molecule has 2 heterocycles. The third-order valence-electron chi connectivity index (χ3n) is 5.43. The quantitative estimate of drug-likeness (QED) is 0.787. The van der Waals surface area contributed by atoms with Gasteiger partial charge in [0.1, 0.15) is 5.76 Å². The number of benzene rings is 1. The maximum atomic E-state index is 13.2. The van der Waals surface area contributed by atoms with E-state index in [0.717, 1.165) is 31.4 Å². The predicted octanol–water partition coefficient (Wildman–Crippen LogP) is 3.40. The molecule has 1 aliphatic heterocycles. The van der Waals surface area contributed by atoms with Crippen LogP contribution in [0.25, 0.3) is 0 Å². The summed E-state index contributed by atoms with van der Waals surface area (Å²) < 4.78 is 31.0. The second-order valence-corrected chi connectivity index (χ2v) is 9.25. The highest BCUT2D eigenvalue weighted by atomic mass is 32.2. The van der Waals surface area contributed by atoms with Gasteiger partial charge >= 0.3 is 0 Å². The zero-order chi connectivity index (χ0) is 18.9. The molecule has 0 N–H and O–H groups in total. The second-order valence-electron chi connectivity index (χ2n) is 7.24. The van der Waals surface area contributed by atoms with Crippen LogP contribution in [0.1, 0.15) is 48.2 Å². The number of hydrogen-bond acceptors (Lipinski definition) is 4. The first kappa shape index (κ1) is 18.1. The highest BCUT2D eigenvalue weighted by molar-refractivity contribution is 7.93. The van der Waals surface area contributed by atoms with E-state index in [4.69, 9.17) is 4.42 Å². The van der Waals surface area contributed by atoms with E-state index in [1.165, 1.54) is 4.31 Å². The fraction of sp³-hybridized carbons (Fsp3) is 0.450. The lowest BCUT2D eigenvalue weighted by molar-refractivity contribution is 0.0649. The van der Waals surface area contributed by atoms with E-state index in [9.17, 15) is 13.2 Å². The second kappa shape index (κ2) is 7.38. The average molecular weight is 388 g/mol. The third-order valence-corrected chi connectivity index (χ3v) is 7.30. The Bertz CT molecular complexity index is 885. The Hall–Kier alpha value is -2.28. The van der Waals surface area contributed by atoms with E-state index < -0.39 is 10.0 Å². The van der Waals surface area contributed by atoms with Gasteiger partial charge in [0.2, 0.25) is 10.0 Å². The summed E-state index contributed by atoms with van der Waals surface area (Å²) in [6.07, 6.45) is 6.56. The number of carbonyl (C=O) groups excluding carboxylic acids is 1. The van der Waals surface area contributed by atoms with Crippen LogP contribution in [0.4, 0.5) is 5.69 Å². The van der Waals surface area contributed by atoms with Crippen molar-refractivity contribution in [3.8, 4) is 0 Å². The minimum absolute atomic E-state index is 0.0332. The zero-order valence-electron chi connectivity index (χ0n) is 15.2. The first-order valence-corrected chi connectivity index (χ1v) is 11.1. The van der Waals surface area contributed by atoms with Gasteiger partial charge in [-0.05, 0) is 55.7 Å². The molecule has 1 saturated carbocycles. The van der Waals surface area contributed by atoms with E-state index in [-0.39, 0.29) is 17.7 Å². The van der Waals surface area contributed by atoms with Crippen molar-refractivity contribution in [2.24, 2.45) is 0 Å². The van der Waals surface area contributed by atoms with Gasteiger partial charge < -0.3 is 9.32 Å². The van der Waals surface area contributed by atoms with Crippen molar-refractivity contribution in [3.05, 3.63) is 54.0 Å². The molecule has 1 saturated heterocycles. The van der Waals surface area contributed by atoms with Crippen molar-refractivity contribution >= 4 is 21.6 Å². The van der Waals surface area contributed by atoms with Crippen LogP contribution in [-0.4, -0.2) is 37.6 Å². The van der Waals surface area contributed by atoms with Gasteiger partial charge in [0, 0.05) is 18.2 Å². The Kier molecular flexibility index (Phi) is 4.95. The van der Waals surface area contributed by atoms with Gasteiger partial charge in [-0.2, -0.15) is 0 Å². The van der Waals surface area contributed by atoms with E-state index in [1.807, 2.05) is 17.0 Å². The number of hydrogen-bond donors (Lipinski definition) is 0. The number of sulfonamides is 1. The van der Waals surface area contributed by atoms with Gasteiger partial charge in [-0.1, -0.05) is 12.8 Å². The number of carbonyl (C=O) groups is 1. The number of furan rings is 1. The average Bonchev–Trinajstić information content (AvgIpc) is 3.41. The molecule has 2 fully saturated rings. The van der Waals surface area contributed by atoms with Gasteiger partial charge in [-0.25, -0.2) is 8.42 Å². The predicted molar refractivity (Wildman–Crippen MR) is 103 cm³/mol. The summed E-state index contributed by atoms with van der Waals surface area (Å²) in [5, 5.41) is 0. The van der Waals surface area contributed by atoms with Crippen LogP contribution in [0.2, 0.25) is 0 Å². The molecule has 0 spiro atoms. The Labute approximate surface area is 159 Å². The molecule has 1 aromatic heterocycles. The van der Waals surface area contributed by atoms with Crippen molar-refractivity contribution < 1.29 is 17.6 Å². The van der Waals surface area contributed by atoms with Crippen molar-refractivity contribution in [1.29, 1.82) is 0 Å². The highest BCUT2D eigenvalue weighted by Crippen LogP contribution is 2.28. The molecule has 0 unspecified atom stereocenters. The lowest BCUT2D eigenvalue weighted by Gasteiger charge is -2.28. The summed E-state index contributed by atoms with van der Waals surface area (Å²) in [7, 11) is -3.21. The van der Waals surface area contributed by atoms with Crippen LogP contribution < -0.4 is 4.31 Å². The Morgan fingerprint density at radius 1 is 1.11 bits per heavy atom. The summed E-state index contributed by atoms with van der Waals surface area (Å²) in [6, 6.07) is 10.9. The molecule has 2 aromatic rings. The van der Waals surface area contributed by atoms with E-state index in [2.05, 4.69) is 0 Å². The van der Waals surface area contributed by atoms with E-state index >= 15 is 0 Å². The van der Waals surface area contributed by atoms with Gasteiger partial charge in [-0.3, -0.25) is 9.10 Å². The smallest absolute Gasteiger partial charge is 0.254 e. The van der Waals surface area contributed by atoms with Crippen LogP contribution in [0, 0.1) is 0 Å². The van der Waals surface area contributed by atoms with E-state index in [1.54, 1.807) is 30.5 Å². The van der Waals surface area contributed by atoms with Crippen LogP contribution in [-0.2, 0) is 16.6 Å². The number of nitrogens with zero attached hydrogens (tertiary/aromatic N) is 2. The number of amides is 1. The van der Waals surface area contributed by atoms with Gasteiger partial charge in [0.05, 0.1) is 24.2 Å². The van der Waals surface area contributed by atoms with Crippen LogP contribution in [0.3, 0.4) is 0 Å². The third kappa shape index (κ3) is 3.74. The summed E-state index contributed by atoms with van der Waals surface area (Å²) in [4.78, 5) is 15.1. The van der Waals surface area contributed by atoms with Crippen LogP contribution >= 0.6 is 0 Å². The lowest BCUT2D eigenvalue weighted by atomic mass is 10.1. The summed E-state index contributed by atoms with van der Waals surface area (Å²) in [6.45, 7) is 0.959. The zero-order valence-corrected chi connectivity index (χ0v) is 16.0. The Morgan fingerprint density at radius 3 is 2.44 bits per heavy atom. The summed E-state index contributed by atoms with van der Waals surface area (Å²) >= 11 is 0. The maximum Gasteiger partial charge on any atom is 0.254 e. The SMILES string of the molecule is O=C(c1ccc(N2CCCS2(=O)=O)cc1)N(Cc1ccco1)C1CCCC1. The topological polar surface area (TPSA) is 70.8 Å². The summed E-state index contributed by atoms with van der Waals surface area (Å²) in [5.41, 5.74) is 1.20. The lowest BCUT2D eigenvalue weighted by Crippen LogP contribution is -2.38. The fourth-order valence-electron chi connectivity index (χ4n) is 4.02. The molecule has 0 bridgehead atoms. The van der Waals surface area contributed by atoms with Crippen molar-refractivity contribution in [2.75, 3.05) is 16.6 Å². The molecule has 2 aliphatic rings. The fourth-order valence-corrected chi connectivity index (χ4v) is 5.58. The first-order chi connectivity index (χ1) is 13.0. The maximum absolute atomic E-state index is 13.2. The minimum Gasteiger partial charge on any atom is -0.467 e. The monoisotopic (exact) mass is 388 g/mol. The Morgan fingerprint density at radius 2 is 1.85 bits per heavy atom. The summed E-state index contributed by atoms with van der Waals surface area (Å²) in [5.74, 6) is 0.927. The molecular weight excluding hydrogens is 364 g/mol. The minimum atomic E-state index is -3.21. The van der Waals surface area contributed by atoms with Gasteiger partial charge in [-0.15, -0.1) is 0 Å². The number of anilines is 1. The van der Waals surface area contributed by atoms with Crippen molar-refractivity contribution in [2.45, 2.75) is 44.7 Å². The van der Waals surface area contributed by atoms with E-state index in [0.29, 0.717) is 30.8 Å². The molecule has 144 valence electrons. The molecule has 1 aromatic carbocycles. The van der Waals surface area contributed by atoms with Crippen molar-refractivity contribution in [3.63, 3.8) is 0 Å². The molecule has 1 amide bonds. The van der Waals surface area contributed by atoms with Gasteiger partial charge in [0.15, 0.2) is 0 Å². The number of rotatable bonds is 5. The van der Waals surface area contributed by atoms with Crippen molar-refractivity contribution in [1.82, 2.24) is 4.90 Å². The normalized spacial score (nSPS) is 19.5. The molecule has 1 aliphatic carbocycles. The molecule has 7 heteroatoms. The van der Waals surface area contributed by atoms with Gasteiger partial charge in [0.25, 0.3) is 5.91 Å². The van der Waals surface area contributed by atoms with Crippen LogP contribution in [0.15, 0.2) is 47.1 Å². The van der Waals surface area contributed by atoms with Crippen LogP contribution in [0.5, 0.6) is 0 Å². The molecular formula is C20H24N2O4S. The molecule has 0 radical (unpaired) electrons. The molecule has 6 nitrogen and oxygen atoms in total. The standard InChI is InChI=1S/C20H24N2O4S/c23-20(21(17-5-1-2-6-17)15-19-7-3-13-26-19)16-8-10-18(11-9-16)22-12-4-14-27(22,24)25/h3,7-11,13,17H,1-2,4-6,12,14-15H2. The first-order valence-electron chi connectivity index (χ1n) is 9.48. The molecule has 27 heavy (non-hydrogen) atoms. The molecule has 4 rings (SSSR count). The Balaban J connectivity index is 1.55. The largest absolute Gasteiger partial charge is 0.467 e. The highest BCUT2D eigenvalue weighted by Gasteiger charge is 2.30. The molecule has 0 atom stereocenters.